The molecule has 22 heteroatoms. The fraction of sp³-hybridized carbons (Fsp3) is 0.314. The number of nitrogens with one attached hydrogen (secondary N) is 1. The van der Waals surface area contributed by atoms with Crippen molar-refractivity contribution in [2.45, 2.75) is 75.4 Å². The Kier molecular flexibility index (Phi) is 15.3. The highest BCUT2D eigenvalue weighted by Crippen LogP contribution is 2.51. The van der Waals surface area contributed by atoms with Crippen molar-refractivity contribution in [1.29, 1.82) is 0 Å². The normalized spacial score (nSPS) is 19.3. The quantitative estimate of drug-likeness (QED) is 0.0517. The van der Waals surface area contributed by atoms with E-state index in [9.17, 15) is 0 Å². The molecule has 2 unspecified atom stereocenters. The van der Waals surface area contributed by atoms with E-state index in [0.717, 1.165) is 81.5 Å². The summed E-state index contributed by atoms with van der Waals surface area (Å²) in [6, 6.07) is 22.4. The molecule has 0 bridgehead atoms. The Balaban J connectivity index is 0.748. The Labute approximate surface area is 528 Å². The molecule has 10 aromatic rings. The van der Waals surface area contributed by atoms with Crippen LogP contribution in [0.25, 0.3) is 71.6 Å². The molecule has 466 valence electrons. The van der Waals surface area contributed by atoms with E-state index in [1.165, 1.54) is 18.3 Å². The monoisotopic (exact) mass is 1240 g/mol. The summed E-state index contributed by atoms with van der Waals surface area (Å²) in [5.41, 5.74) is 2.70. The smallest absolute Gasteiger partial charge is 0.319 e. The minimum atomic E-state index is -0.754. The highest BCUT2D eigenvalue weighted by atomic mass is 19.1. The maximum Gasteiger partial charge on any atom is 0.319 e. The van der Waals surface area contributed by atoms with Gasteiger partial charge in [-0.3, -0.25) is 29.8 Å². The van der Waals surface area contributed by atoms with Gasteiger partial charge in [0.2, 0.25) is 0 Å². The van der Waals surface area contributed by atoms with Crippen LogP contribution in [-0.4, -0.2) is 144 Å². The first-order chi connectivity index (χ1) is 45.0. The van der Waals surface area contributed by atoms with E-state index in [-0.39, 0.29) is 80.2 Å². The lowest BCUT2D eigenvalue weighted by atomic mass is 9.92. The lowest BCUT2D eigenvalue weighted by molar-refractivity contribution is 0.0849. The summed E-state index contributed by atoms with van der Waals surface area (Å²) in [6.45, 7) is 11.4. The Morgan fingerprint density at radius 3 is 2.10 bits per heavy atom. The number of allylic oxidation sites excluding steroid dienone is 2. The third-order valence-corrected chi connectivity index (χ3v) is 19.3. The summed E-state index contributed by atoms with van der Waals surface area (Å²) in [4.78, 5) is 51.1. The van der Waals surface area contributed by atoms with Crippen molar-refractivity contribution in [2.75, 3.05) is 81.2 Å². The molecule has 6 aromatic heterocycles. The van der Waals surface area contributed by atoms with E-state index in [0.29, 0.717) is 78.1 Å². The second-order valence-corrected chi connectivity index (χ2v) is 24.4. The largest absolute Gasteiger partial charge is 0.461 e. The zero-order valence-corrected chi connectivity index (χ0v) is 51.0. The molecule has 5 fully saturated rings. The third kappa shape index (κ3) is 10.4. The van der Waals surface area contributed by atoms with E-state index in [1.807, 2.05) is 37.3 Å². The molecule has 2 atom stereocenters. The summed E-state index contributed by atoms with van der Waals surface area (Å²) >= 11 is 0. The van der Waals surface area contributed by atoms with Gasteiger partial charge < -0.3 is 24.6 Å². The van der Waals surface area contributed by atoms with E-state index < -0.39 is 28.8 Å². The molecule has 5 saturated heterocycles. The number of piperazine rings is 1. The molecule has 0 aliphatic carbocycles. The second kappa shape index (κ2) is 24.1. The van der Waals surface area contributed by atoms with Crippen molar-refractivity contribution < 1.29 is 27.0 Å². The van der Waals surface area contributed by atoms with Gasteiger partial charge >= 0.3 is 12.0 Å². The number of rotatable bonds is 17. The van der Waals surface area contributed by atoms with Gasteiger partial charge in [-0.25, -0.2) is 27.2 Å². The molecular formula is C70H66F4N16O2. The minimum Gasteiger partial charge on any atom is -0.461 e. The average molecular weight is 1240 g/mol. The number of benzene rings is 4. The lowest BCUT2D eigenvalue weighted by Gasteiger charge is -2.37. The third-order valence-electron chi connectivity index (χ3n) is 19.3. The molecule has 1 N–H and O–H groups in total. The zero-order valence-electron chi connectivity index (χ0n) is 51.0. The summed E-state index contributed by atoms with van der Waals surface area (Å²) in [5, 5.41) is 10.2. The minimum absolute atomic E-state index is 0.000668. The lowest BCUT2D eigenvalue weighted by Crippen LogP contribution is -2.47. The topological polar surface area (TPSA) is 176 Å². The fourth-order valence-electron chi connectivity index (χ4n) is 15.0. The number of anilines is 4. The van der Waals surface area contributed by atoms with Crippen LogP contribution in [-0.2, 0) is 0 Å². The maximum absolute atomic E-state index is 17.8. The van der Waals surface area contributed by atoms with Crippen LogP contribution in [0.15, 0.2) is 139 Å². The summed E-state index contributed by atoms with van der Waals surface area (Å²) < 4.78 is 82.7. The average Bonchev–Trinajstić information content (AvgIpc) is 1.81. The van der Waals surface area contributed by atoms with Gasteiger partial charge in [-0.15, -0.1) is 0 Å². The Morgan fingerprint density at radius 2 is 1.34 bits per heavy atom. The van der Waals surface area contributed by atoms with Crippen molar-refractivity contribution in [1.82, 2.24) is 54.5 Å². The van der Waals surface area contributed by atoms with Gasteiger partial charge in [-0.05, 0) is 125 Å². The summed E-state index contributed by atoms with van der Waals surface area (Å²) in [5.74, 6) is -0.945. The number of hydrogen-bond acceptors (Lipinski definition) is 17. The van der Waals surface area contributed by atoms with Crippen LogP contribution >= 0.6 is 0 Å². The zero-order chi connectivity index (χ0) is 62.7. The van der Waals surface area contributed by atoms with E-state index >= 15 is 17.6 Å². The predicted molar refractivity (Wildman–Crippen MR) is 351 cm³/mol. The first-order valence-corrected chi connectivity index (χ1v) is 31.4. The van der Waals surface area contributed by atoms with Gasteiger partial charge in [0.25, 0.3) is 0 Å². The van der Waals surface area contributed by atoms with Crippen molar-refractivity contribution >= 4 is 84.6 Å². The van der Waals surface area contributed by atoms with Gasteiger partial charge in [0, 0.05) is 104 Å². The molecule has 18 nitrogen and oxygen atoms in total. The van der Waals surface area contributed by atoms with Crippen LogP contribution in [0.5, 0.6) is 12.0 Å². The standard InChI is InChI=1S/C70H66F4N16O2/c1-4-76-28-22-43(2)90-40-46(37-80-90)81-64-51-38-78-61(58(73)62(51)82-67(84-64)91-41-69-23-9-29-88(69)30-10-24-69)50-17-7-15-48-47(19-20-54(72)57(48)50)55-21-26-70(25-11-31-89(55)70)42-92-68-83-63-52(39-79-60(59(63)74)49-16-5-12-44-13-6-18-53(71)56(44)49)66(85-68)87-34-32-86(33-35-87)65-45(36-75-3)14-8-27-77-65/h4-8,12-20,22,27-28,36-40,55H,2,9-11,21,23-26,29-35,41-42H2,1,3H3,(H,81,82,84)/b28-22-,75-36?,76-4?. The van der Waals surface area contributed by atoms with E-state index in [2.05, 4.69) is 51.6 Å². The second-order valence-electron chi connectivity index (χ2n) is 24.4. The van der Waals surface area contributed by atoms with Gasteiger partial charge in [-0.1, -0.05) is 61.2 Å². The number of halogens is 4. The molecule has 5 aliphatic heterocycles. The Bertz CT molecular complexity index is 4630. The fourth-order valence-corrected chi connectivity index (χ4v) is 15.0. The highest BCUT2D eigenvalue weighted by Gasteiger charge is 2.51. The van der Waals surface area contributed by atoms with E-state index in [4.69, 9.17) is 39.4 Å². The first kappa shape index (κ1) is 58.6. The number of fused-ring (bicyclic) bond motifs is 6. The van der Waals surface area contributed by atoms with Crippen LogP contribution in [0.2, 0.25) is 0 Å². The number of aromatic nitrogens is 9. The predicted octanol–water partition coefficient (Wildman–Crippen LogP) is 13.1. The van der Waals surface area contributed by atoms with Crippen molar-refractivity contribution in [3.8, 4) is 34.5 Å². The molecule has 15 rings (SSSR count). The first-order valence-electron chi connectivity index (χ1n) is 31.4. The number of pyridine rings is 3. The number of hydrogen-bond donors (Lipinski definition) is 1. The van der Waals surface area contributed by atoms with Gasteiger partial charge in [0.15, 0.2) is 11.6 Å². The maximum atomic E-state index is 17.8. The highest BCUT2D eigenvalue weighted by molar-refractivity contribution is 6.02. The molecule has 0 amide bonds. The van der Waals surface area contributed by atoms with Crippen LogP contribution in [0, 0.1) is 23.3 Å². The van der Waals surface area contributed by atoms with Crippen LogP contribution in [0.3, 0.4) is 0 Å². The summed E-state index contributed by atoms with van der Waals surface area (Å²) in [7, 11) is 1.73. The summed E-state index contributed by atoms with van der Waals surface area (Å²) in [6.07, 6.45) is 22.2. The Hall–Kier alpha value is -9.80. The van der Waals surface area contributed by atoms with Gasteiger partial charge in [0.05, 0.1) is 45.6 Å². The molecule has 92 heavy (non-hydrogen) atoms. The molecule has 11 heterocycles. The Morgan fingerprint density at radius 1 is 0.674 bits per heavy atom. The number of aliphatic imine (C=N–C) groups is 2. The van der Waals surface area contributed by atoms with E-state index in [1.54, 1.807) is 97.6 Å². The van der Waals surface area contributed by atoms with Crippen LogP contribution in [0.4, 0.5) is 40.7 Å². The van der Waals surface area contributed by atoms with Crippen LogP contribution in [0.1, 0.15) is 75.5 Å². The van der Waals surface area contributed by atoms with Crippen molar-refractivity contribution in [3.63, 3.8) is 0 Å². The molecular weight excluding hydrogens is 1170 g/mol. The number of ether oxygens (including phenoxy) is 2. The molecule has 0 spiro atoms. The molecule has 5 aliphatic rings. The van der Waals surface area contributed by atoms with Gasteiger partial charge in [0.1, 0.15) is 64.7 Å². The van der Waals surface area contributed by atoms with Crippen LogP contribution < -0.4 is 24.6 Å². The molecule has 4 aromatic carbocycles. The van der Waals surface area contributed by atoms with Crippen molar-refractivity contribution in [2.24, 2.45) is 9.98 Å². The van der Waals surface area contributed by atoms with Crippen molar-refractivity contribution in [3.05, 3.63) is 163 Å². The SMILES string of the molecule is C=C(/C=C\N=CC)n1cc(Nc2nc(OCC34CCCN3CCC4)nc3c(F)c(-c4cccc5c(C6CCC7(COc8nc(N9CCN(c%10ncccc%10C=NC)CC9)c9cnc(-c%10cccc%11cccc(F)c%10%11)c(F)c9n8)CCCN67)ccc(F)c45)ncc23)cn1. The molecule has 0 saturated carbocycles. The van der Waals surface area contributed by atoms with Gasteiger partial charge in [-0.2, -0.15) is 25.0 Å². The number of nitrogens with zero attached hydrogens (tertiary/aromatic N) is 15. The molecule has 0 radical (unpaired) electrons.